The molecule has 2 aromatic carbocycles. The predicted octanol–water partition coefficient (Wildman–Crippen LogP) is 4.15. The van der Waals surface area contributed by atoms with Crippen molar-refractivity contribution in [2.45, 2.75) is 13.0 Å². The fourth-order valence-electron chi connectivity index (χ4n) is 2.38. The summed E-state index contributed by atoms with van der Waals surface area (Å²) >= 11 is 0. The number of carbonyl (C=O) groups is 1. The maximum absolute atomic E-state index is 12.1. The van der Waals surface area contributed by atoms with Gasteiger partial charge in [0.25, 0.3) is 0 Å². The molecule has 3 rings (SSSR count). The van der Waals surface area contributed by atoms with Crippen LogP contribution in [0.5, 0.6) is 0 Å². The Balaban J connectivity index is 1.88. The van der Waals surface area contributed by atoms with E-state index in [1.54, 1.807) is 18.3 Å². The van der Waals surface area contributed by atoms with Crippen LogP contribution in [0.4, 0.5) is 0 Å². The second-order valence-electron chi connectivity index (χ2n) is 4.86. The smallest absolute Gasteiger partial charge is 0.340 e. The van der Waals surface area contributed by atoms with Crippen molar-refractivity contribution in [3.63, 3.8) is 0 Å². The number of esters is 1. The molecule has 104 valence electrons. The number of rotatable bonds is 3. The normalized spacial score (nSPS) is 12.0. The van der Waals surface area contributed by atoms with Gasteiger partial charge in [-0.2, -0.15) is 0 Å². The number of benzene rings is 2. The summed E-state index contributed by atoms with van der Waals surface area (Å²) in [4.78, 5) is 16.0. The third-order valence-corrected chi connectivity index (χ3v) is 3.44. The Bertz CT molecular complexity index is 763. The standard InChI is InChI=1S/C18H15NO2/c1-13(21-18(20)15-8-5-11-19-12-15)16-10-4-7-14-6-2-3-9-17(14)16/h2-13H,1H3. The van der Waals surface area contributed by atoms with Crippen LogP contribution in [0, 0.1) is 0 Å². The van der Waals surface area contributed by atoms with Crippen LogP contribution in [-0.4, -0.2) is 11.0 Å². The zero-order chi connectivity index (χ0) is 14.7. The van der Waals surface area contributed by atoms with Crippen molar-refractivity contribution >= 4 is 16.7 Å². The molecule has 0 radical (unpaired) electrons. The number of carbonyl (C=O) groups excluding carboxylic acids is 1. The summed E-state index contributed by atoms with van der Waals surface area (Å²) in [5.41, 5.74) is 1.47. The van der Waals surface area contributed by atoms with E-state index in [2.05, 4.69) is 17.1 Å². The topological polar surface area (TPSA) is 39.2 Å². The van der Waals surface area contributed by atoms with Crippen molar-refractivity contribution in [3.05, 3.63) is 78.1 Å². The molecule has 0 amide bonds. The van der Waals surface area contributed by atoms with Gasteiger partial charge in [-0.25, -0.2) is 4.79 Å². The monoisotopic (exact) mass is 277 g/mol. The molecule has 0 aliphatic heterocycles. The van der Waals surface area contributed by atoms with Crippen LogP contribution in [0.3, 0.4) is 0 Å². The van der Waals surface area contributed by atoms with Gasteiger partial charge in [-0.05, 0) is 35.4 Å². The molecule has 0 N–H and O–H groups in total. The number of ether oxygens (including phenoxy) is 1. The minimum atomic E-state index is -0.358. The van der Waals surface area contributed by atoms with Crippen LogP contribution in [0.1, 0.15) is 28.9 Å². The van der Waals surface area contributed by atoms with Gasteiger partial charge in [0.15, 0.2) is 0 Å². The quantitative estimate of drug-likeness (QED) is 0.675. The molecular weight excluding hydrogens is 262 g/mol. The van der Waals surface area contributed by atoms with E-state index in [0.29, 0.717) is 5.56 Å². The van der Waals surface area contributed by atoms with E-state index in [1.807, 2.05) is 37.3 Å². The van der Waals surface area contributed by atoms with Gasteiger partial charge in [-0.3, -0.25) is 4.98 Å². The fourth-order valence-corrected chi connectivity index (χ4v) is 2.38. The Hall–Kier alpha value is -2.68. The highest BCUT2D eigenvalue weighted by Crippen LogP contribution is 2.26. The third-order valence-electron chi connectivity index (χ3n) is 3.44. The highest BCUT2D eigenvalue weighted by molar-refractivity contribution is 5.90. The SMILES string of the molecule is CC(OC(=O)c1cccnc1)c1cccc2ccccc12. The van der Waals surface area contributed by atoms with E-state index >= 15 is 0 Å². The molecular formula is C18H15NO2. The first-order valence-corrected chi connectivity index (χ1v) is 6.84. The lowest BCUT2D eigenvalue weighted by atomic mass is 10.0. The van der Waals surface area contributed by atoms with Crippen molar-refractivity contribution in [3.8, 4) is 0 Å². The van der Waals surface area contributed by atoms with Gasteiger partial charge in [0.1, 0.15) is 6.10 Å². The number of hydrogen-bond donors (Lipinski definition) is 0. The molecule has 0 aliphatic rings. The minimum Gasteiger partial charge on any atom is -0.454 e. The van der Waals surface area contributed by atoms with Gasteiger partial charge in [-0.15, -0.1) is 0 Å². The average Bonchev–Trinajstić information content (AvgIpc) is 2.55. The molecule has 3 nitrogen and oxygen atoms in total. The Morgan fingerprint density at radius 3 is 2.67 bits per heavy atom. The lowest BCUT2D eigenvalue weighted by Crippen LogP contribution is -2.09. The van der Waals surface area contributed by atoms with Crippen molar-refractivity contribution in [1.82, 2.24) is 4.98 Å². The van der Waals surface area contributed by atoms with Crippen molar-refractivity contribution < 1.29 is 9.53 Å². The maximum atomic E-state index is 12.1. The second-order valence-corrected chi connectivity index (χ2v) is 4.86. The molecule has 3 aromatic rings. The van der Waals surface area contributed by atoms with Crippen LogP contribution in [0.15, 0.2) is 67.0 Å². The van der Waals surface area contributed by atoms with E-state index in [-0.39, 0.29) is 12.1 Å². The van der Waals surface area contributed by atoms with Crippen molar-refractivity contribution in [2.75, 3.05) is 0 Å². The Labute approximate surface area is 123 Å². The molecule has 0 spiro atoms. The molecule has 0 aliphatic carbocycles. The zero-order valence-corrected chi connectivity index (χ0v) is 11.7. The number of aromatic nitrogens is 1. The number of fused-ring (bicyclic) bond motifs is 1. The number of hydrogen-bond acceptors (Lipinski definition) is 3. The van der Waals surface area contributed by atoms with Crippen LogP contribution >= 0.6 is 0 Å². The first-order valence-electron chi connectivity index (χ1n) is 6.84. The van der Waals surface area contributed by atoms with Gasteiger partial charge in [0.2, 0.25) is 0 Å². The third kappa shape index (κ3) is 2.77. The first kappa shape index (κ1) is 13.3. The molecule has 0 saturated carbocycles. The van der Waals surface area contributed by atoms with Gasteiger partial charge in [0, 0.05) is 12.4 Å². The second kappa shape index (κ2) is 5.75. The molecule has 1 unspecified atom stereocenters. The van der Waals surface area contributed by atoms with Crippen LogP contribution in [0.25, 0.3) is 10.8 Å². The van der Waals surface area contributed by atoms with Gasteiger partial charge < -0.3 is 4.74 Å². The highest BCUT2D eigenvalue weighted by Gasteiger charge is 2.15. The molecule has 3 heteroatoms. The summed E-state index contributed by atoms with van der Waals surface area (Å²) in [5, 5.41) is 2.24. The van der Waals surface area contributed by atoms with E-state index in [4.69, 9.17) is 4.74 Å². The molecule has 0 fully saturated rings. The first-order chi connectivity index (χ1) is 10.3. The van der Waals surface area contributed by atoms with Gasteiger partial charge in [-0.1, -0.05) is 42.5 Å². The number of pyridine rings is 1. The fraction of sp³-hybridized carbons (Fsp3) is 0.111. The molecule has 0 saturated heterocycles. The maximum Gasteiger partial charge on any atom is 0.340 e. The summed E-state index contributed by atoms with van der Waals surface area (Å²) in [6.45, 7) is 1.88. The minimum absolute atomic E-state index is 0.316. The predicted molar refractivity (Wildman–Crippen MR) is 82.0 cm³/mol. The molecule has 1 atom stereocenters. The number of nitrogens with zero attached hydrogens (tertiary/aromatic N) is 1. The van der Waals surface area contributed by atoms with Gasteiger partial charge in [0.05, 0.1) is 5.56 Å². The van der Waals surface area contributed by atoms with Crippen LogP contribution < -0.4 is 0 Å². The average molecular weight is 277 g/mol. The Morgan fingerprint density at radius 2 is 1.86 bits per heavy atom. The van der Waals surface area contributed by atoms with E-state index in [9.17, 15) is 4.79 Å². The zero-order valence-electron chi connectivity index (χ0n) is 11.7. The molecule has 1 heterocycles. The molecule has 0 bridgehead atoms. The molecule has 21 heavy (non-hydrogen) atoms. The summed E-state index contributed by atoms with van der Waals surface area (Å²) in [6, 6.07) is 17.5. The van der Waals surface area contributed by atoms with Crippen LogP contribution in [-0.2, 0) is 4.74 Å². The summed E-state index contributed by atoms with van der Waals surface area (Å²) in [6.07, 6.45) is 2.83. The summed E-state index contributed by atoms with van der Waals surface area (Å²) in [7, 11) is 0. The Kier molecular flexibility index (Phi) is 3.65. The lowest BCUT2D eigenvalue weighted by molar-refractivity contribution is 0.0340. The Morgan fingerprint density at radius 1 is 1.05 bits per heavy atom. The van der Waals surface area contributed by atoms with E-state index < -0.39 is 0 Å². The van der Waals surface area contributed by atoms with Gasteiger partial charge >= 0.3 is 5.97 Å². The largest absolute Gasteiger partial charge is 0.454 e. The van der Waals surface area contributed by atoms with E-state index in [0.717, 1.165) is 16.3 Å². The van der Waals surface area contributed by atoms with Crippen molar-refractivity contribution in [2.24, 2.45) is 0 Å². The van der Waals surface area contributed by atoms with Crippen molar-refractivity contribution in [1.29, 1.82) is 0 Å². The summed E-state index contributed by atoms with van der Waals surface area (Å²) in [5.74, 6) is -0.358. The van der Waals surface area contributed by atoms with E-state index in [1.165, 1.54) is 6.20 Å². The van der Waals surface area contributed by atoms with Crippen LogP contribution in [0.2, 0.25) is 0 Å². The molecule has 1 aromatic heterocycles. The highest BCUT2D eigenvalue weighted by atomic mass is 16.5. The lowest BCUT2D eigenvalue weighted by Gasteiger charge is -2.15. The summed E-state index contributed by atoms with van der Waals surface area (Å²) < 4.78 is 5.55.